The molecule has 4 heterocycles. The molecule has 5 aromatic rings. The first-order chi connectivity index (χ1) is 19.9. The van der Waals surface area contributed by atoms with E-state index in [0.717, 1.165) is 17.5 Å². The van der Waals surface area contributed by atoms with Crippen LogP contribution in [0.2, 0.25) is 10.2 Å². The molecule has 1 aliphatic rings. The predicted octanol–water partition coefficient (Wildman–Crippen LogP) is 5.60. The third kappa shape index (κ3) is 5.48. The molecule has 10 nitrogen and oxygen atoms in total. The number of halogens is 2. The molecular weight excluding hydrogens is 563 g/mol. The van der Waals surface area contributed by atoms with Crippen LogP contribution in [0.4, 0.5) is 5.69 Å². The van der Waals surface area contributed by atoms with Gasteiger partial charge in [0.15, 0.2) is 5.15 Å². The van der Waals surface area contributed by atoms with Crippen molar-refractivity contribution in [1.82, 2.24) is 34.5 Å². The van der Waals surface area contributed by atoms with Gasteiger partial charge in [-0.05, 0) is 42.7 Å². The number of aromatic nitrogens is 7. The summed E-state index contributed by atoms with van der Waals surface area (Å²) in [5.74, 6) is -0.325. The Kier molecular flexibility index (Phi) is 7.34. The van der Waals surface area contributed by atoms with Gasteiger partial charge < -0.3 is 5.32 Å². The fourth-order valence-corrected chi connectivity index (χ4v) is 5.38. The summed E-state index contributed by atoms with van der Waals surface area (Å²) < 4.78 is 3.15. The van der Waals surface area contributed by atoms with Crippen LogP contribution in [0.25, 0.3) is 28.2 Å². The van der Waals surface area contributed by atoms with Gasteiger partial charge in [-0.25, -0.2) is 19.6 Å². The average molecular weight is 587 g/mol. The Morgan fingerprint density at radius 1 is 1.02 bits per heavy atom. The van der Waals surface area contributed by atoms with Crippen molar-refractivity contribution in [2.75, 3.05) is 5.32 Å². The van der Waals surface area contributed by atoms with E-state index in [1.165, 1.54) is 17.1 Å². The van der Waals surface area contributed by atoms with E-state index in [1.54, 1.807) is 41.5 Å². The van der Waals surface area contributed by atoms with Gasteiger partial charge in [0.1, 0.15) is 6.33 Å². The van der Waals surface area contributed by atoms with Crippen molar-refractivity contribution in [3.63, 3.8) is 0 Å². The number of fused-ring (bicyclic) bond motifs is 4. The lowest BCUT2D eigenvalue weighted by Crippen LogP contribution is -2.26. The Hall–Kier alpha value is -4.41. The second-order valence-electron chi connectivity index (χ2n) is 9.91. The number of rotatable bonds is 3. The summed E-state index contributed by atoms with van der Waals surface area (Å²) in [4.78, 5) is 39.8. The number of nitrogens with zero attached hydrogens (tertiary/aromatic N) is 7. The number of carbonyl (C=O) groups excluding carboxylic acids is 1. The first-order valence-electron chi connectivity index (χ1n) is 13.0. The highest BCUT2D eigenvalue weighted by molar-refractivity contribution is 6.31. The minimum atomic E-state index is -0.308. The summed E-state index contributed by atoms with van der Waals surface area (Å²) in [5.41, 5.74) is 4.36. The van der Waals surface area contributed by atoms with Crippen molar-refractivity contribution in [3.8, 4) is 28.2 Å². The monoisotopic (exact) mass is 586 g/mol. The SMILES string of the molecule is C[C@@H]1CCC[C@H](n2cnc(-c3cc(Cl)ccc3-n3cc(Cl)nn3)cc2=O)c2cccc(c2)-c2ncncc2NC1=O. The summed E-state index contributed by atoms with van der Waals surface area (Å²) >= 11 is 12.3. The van der Waals surface area contributed by atoms with Crippen LogP contribution in [-0.2, 0) is 4.79 Å². The van der Waals surface area contributed by atoms with Crippen LogP contribution in [0.15, 0.2) is 78.4 Å². The van der Waals surface area contributed by atoms with E-state index in [9.17, 15) is 9.59 Å². The molecule has 41 heavy (non-hydrogen) atoms. The Labute approximate surface area is 245 Å². The maximum absolute atomic E-state index is 13.7. The van der Waals surface area contributed by atoms with E-state index in [0.29, 0.717) is 46.2 Å². The smallest absolute Gasteiger partial charge is 0.254 e. The van der Waals surface area contributed by atoms with Gasteiger partial charge in [-0.15, -0.1) is 5.10 Å². The number of anilines is 1. The molecule has 0 saturated heterocycles. The van der Waals surface area contributed by atoms with Gasteiger partial charge in [-0.3, -0.25) is 14.2 Å². The molecule has 0 saturated carbocycles. The molecule has 0 aliphatic carbocycles. The zero-order valence-electron chi connectivity index (χ0n) is 21.9. The van der Waals surface area contributed by atoms with Crippen LogP contribution in [0.5, 0.6) is 0 Å². The average Bonchev–Trinajstić information content (AvgIpc) is 3.41. The number of benzene rings is 2. The third-order valence-corrected chi connectivity index (χ3v) is 7.60. The van der Waals surface area contributed by atoms with Crippen LogP contribution < -0.4 is 10.9 Å². The number of hydrogen-bond acceptors (Lipinski definition) is 7. The largest absolute Gasteiger partial charge is 0.323 e. The number of amides is 1. The second-order valence-corrected chi connectivity index (χ2v) is 10.7. The minimum Gasteiger partial charge on any atom is -0.323 e. The van der Waals surface area contributed by atoms with Crippen molar-refractivity contribution in [1.29, 1.82) is 0 Å². The highest BCUT2D eigenvalue weighted by Gasteiger charge is 2.22. The first kappa shape index (κ1) is 26.8. The van der Waals surface area contributed by atoms with Gasteiger partial charge in [0, 0.05) is 28.1 Å². The molecule has 0 fully saturated rings. The number of nitrogens with one attached hydrogen (secondary N) is 1. The van der Waals surface area contributed by atoms with E-state index in [-0.39, 0.29) is 28.6 Å². The molecule has 2 aromatic carbocycles. The highest BCUT2D eigenvalue weighted by atomic mass is 35.5. The molecule has 1 amide bonds. The molecule has 1 aliphatic heterocycles. The lowest BCUT2D eigenvalue weighted by molar-refractivity contribution is -0.119. The molecule has 2 bridgehead atoms. The summed E-state index contributed by atoms with van der Waals surface area (Å²) in [6.07, 6.45) is 8.20. The van der Waals surface area contributed by atoms with E-state index in [4.69, 9.17) is 23.2 Å². The fraction of sp³-hybridized carbons (Fsp3) is 0.207. The maximum atomic E-state index is 13.7. The van der Waals surface area contributed by atoms with Crippen LogP contribution >= 0.6 is 23.2 Å². The van der Waals surface area contributed by atoms with E-state index < -0.39 is 0 Å². The van der Waals surface area contributed by atoms with E-state index in [1.807, 2.05) is 31.2 Å². The predicted molar refractivity (Wildman–Crippen MR) is 156 cm³/mol. The second kappa shape index (κ2) is 11.2. The lowest BCUT2D eigenvalue weighted by Gasteiger charge is -2.23. The topological polar surface area (TPSA) is 120 Å². The maximum Gasteiger partial charge on any atom is 0.254 e. The zero-order chi connectivity index (χ0) is 28.5. The van der Waals surface area contributed by atoms with Crippen molar-refractivity contribution in [2.45, 2.75) is 32.2 Å². The van der Waals surface area contributed by atoms with Crippen molar-refractivity contribution < 1.29 is 4.79 Å². The van der Waals surface area contributed by atoms with Crippen molar-refractivity contribution in [2.24, 2.45) is 5.92 Å². The summed E-state index contributed by atoms with van der Waals surface area (Å²) in [6, 6.07) is 14.2. The molecule has 6 rings (SSSR count). The Balaban J connectivity index is 1.43. The molecule has 2 atom stereocenters. The first-order valence-corrected chi connectivity index (χ1v) is 13.8. The Morgan fingerprint density at radius 2 is 1.90 bits per heavy atom. The van der Waals surface area contributed by atoms with Crippen LogP contribution in [-0.4, -0.2) is 40.4 Å². The standard InChI is InChI=1S/C29H24Cl2N8O2/c1-17-4-2-7-24(18-5-3-6-19(10-18)28-23(35-29(17)41)13-32-15-33-28)38-16-34-22(12-27(38)40)21-11-20(30)8-9-25(21)39-14-26(31)36-37-39/h3,5-6,8-17,24H,2,4,7H2,1H3,(H,35,41)/t17-,24+/m1/s1. The van der Waals surface area contributed by atoms with Gasteiger partial charge in [0.25, 0.3) is 5.56 Å². The molecule has 12 heteroatoms. The summed E-state index contributed by atoms with van der Waals surface area (Å²) in [5, 5.41) is 11.6. The molecule has 3 aromatic heterocycles. The van der Waals surface area contributed by atoms with Crippen molar-refractivity contribution in [3.05, 3.63) is 99.7 Å². The molecule has 0 radical (unpaired) electrons. The quantitative estimate of drug-likeness (QED) is 0.292. The Bertz CT molecular complexity index is 1820. The van der Waals surface area contributed by atoms with Gasteiger partial charge in [0.05, 0.1) is 47.5 Å². The fourth-order valence-electron chi connectivity index (χ4n) is 5.08. The van der Waals surface area contributed by atoms with E-state index >= 15 is 0 Å². The van der Waals surface area contributed by atoms with Gasteiger partial charge >= 0.3 is 0 Å². The number of hydrogen-bond donors (Lipinski definition) is 1. The molecule has 1 N–H and O–H groups in total. The molecular formula is C29H24Cl2N8O2. The lowest BCUT2D eigenvalue weighted by atomic mass is 9.94. The van der Waals surface area contributed by atoms with Crippen molar-refractivity contribution >= 4 is 34.8 Å². The van der Waals surface area contributed by atoms with E-state index in [2.05, 4.69) is 30.6 Å². The van der Waals surface area contributed by atoms with Gasteiger partial charge in [0.2, 0.25) is 5.91 Å². The number of carbonyl (C=O) groups is 1. The zero-order valence-corrected chi connectivity index (χ0v) is 23.4. The molecule has 206 valence electrons. The summed E-state index contributed by atoms with van der Waals surface area (Å²) in [6.45, 7) is 1.90. The van der Waals surface area contributed by atoms with Crippen LogP contribution in [0, 0.1) is 5.92 Å². The molecule has 0 unspecified atom stereocenters. The van der Waals surface area contributed by atoms with Gasteiger partial charge in [-0.2, -0.15) is 0 Å². The minimum absolute atomic E-state index is 0.0940. The van der Waals surface area contributed by atoms with Crippen LogP contribution in [0.3, 0.4) is 0 Å². The molecule has 0 spiro atoms. The van der Waals surface area contributed by atoms with Crippen LogP contribution in [0.1, 0.15) is 37.8 Å². The highest BCUT2D eigenvalue weighted by Crippen LogP contribution is 2.33. The third-order valence-electron chi connectivity index (χ3n) is 7.20. The summed E-state index contributed by atoms with van der Waals surface area (Å²) in [7, 11) is 0. The normalized spacial score (nSPS) is 17.2. The Morgan fingerprint density at radius 3 is 2.71 bits per heavy atom. The van der Waals surface area contributed by atoms with Gasteiger partial charge in [-0.1, -0.05) is 60.0 Å².